The maximum atomic E-state index is 13.2. The molecular weight excluding hydrogens is 600 g/mol. The van der Waals surface area contributed by atoms with Crippen molar-refractivity contribution in [3.63, 3.8) is 0 Å². The molecule has 0 saturated heterocycles. The number of nitrogens with two attached hydrogens (primary N) is 1. The van der Waals surface area contributed by atoms with Gasteiger partial charge in [-0.3, -0.25) is 29.2 Å². The summed E-state index contributed by atoms with van der Waals surface area (Å²) in [6, 6.07) is 12.0. The van der Waals surface area contributed by atoms with Crippen molar-refractivity contribution in [3.8, 4) is 11.5 Å². The summed E-state index contributed by atoms with van der Waals surface area (Å²) in [5, 5.41) is 16.9. The molecule has 0 aliphatic carbocycles. The second kappa shape index (κ2) is 13.2. The molecule has 2 aromatic carbocycles. The number of ether oxygens (including phenoxy) is 2. The number of imidazole rings is 1. The topological polar surface area (TPSA) is 181 Å². The van der Waals surface area contributed by atoms with Gasteiger partial charge < -0.3 is 24.9 Å². The van der Waals surface area contributed by atoms with E-state index in [2.05, 4.69) is 15.4 Å². The second-order valence-corrected chi connectivity index (χ2v) is 11.3. The molecule has 0 saturated carbocycles. The summed E-state index contributed by atoms with van der Waals surface area (Å²) in [6.45, 7) is 4.94. The number of methoxy groups -OCH3 is 1. The largest absolute Gasteiger partial charge is 0.493 e. The Balaban J connectivity index is 1.34. The van der Waals surface area contributed by atoms with Crippen molar-refractivity contribution in [2.24, 2.45) is 5.73 Å². The average molecular weight is 633 g/mol. The Kier molecular flexibility index (Phi) is 9.13. The van der Waals surface area contributed by atoms with E-state index in [9.17, 15) is 19.2 Å². The molecular formula is C31H32N6O7S. The summed E-state index contributed by atoms with van der Waals surface area (Å²) in [4.78, 5) is 53.4. The number of ketones is 1. The smallest absolute Gasteiger partial charge is 0.303 e. The minimum absolute atomic E-state index is 0.0697. The Morgan fingerprint density at radius 3 is 2.58 bits per heavy atom. The predicted molar refractivity (Wildman–Crippen MR) is 169 cm³/mol. The number of carbonyl (C=O) groups excluding carboxylic acids is 3. The average Bonchev–Trinajstić information content (AvgIpc) is 3.71. The lowest BCUT2D eigenvalue weighted by Crippen LogP contribution is -2.20. The fraction of sp³-hybridized carbons (Fsp3) is 0.290. The minimum atomic E-state index is -1.02. The fourth-order valence-electron chi connectivity index (χ4n) is 4.95. The van der Waals surface area contributed by atoms with Gasteiger partial charge in [0.2, 0.25) is 11.9 Å². The molecule has 14 heteroatoms. The molecule has 0 unspecified atom stereocenters. The van der Waals surface area contributed by atoms with Crippen molar-refractivity contribution in [1.29, 1.82) is 0 Å². The van der Waals surface area contributed by atoms with E-state index in [0.717, 1.165) is 15.8 Å². The fourth-order valence-corrected chi connectivity index (χ4v) is 5.99. The monoisotopic (exact) mass is 632 g/mol. The highest BCUT2D eigenvalue weighted by molar-refractivity contribution is 7.20. The lowest BCUT2D eigenvalue weighted by Gasteiger charge is -2.13. The number of anilines is 1. The molecule has 0 radical (unpaired) electrons. The number of hydrogen-bond acceptors (Lipinski definition) is 9. The number of thiophene rings is 1. The molecule has 3 heterocycles. The van der Waals surface area contributed by atoms with Crippen molar-refractivity contribution in [2.45, 2.75) is 46.2 Å². The first-order valence-electron chi connectivity index (χ1n) is 14.2. The molecule has 0 fully saturated rings. The highest BCUT2D eigenvalue weighted by Gasteiger charge is 2.19. The molecule has 13 nitrogen and oxygen atoms in total. The molecule has 234 valence electrons. The quantitative estimate of drug-likeness (QED) is 0.116. The number of primary amides is 1. The van der Waals surface area contributed by atoms with E-state index in [1.54, 1.807) is 47.1 Å². The summed E-state index contributed by atoms with van der Waals surface area (Å²) >= 11 is 1.27. The van der Waals surface area contributed by atoms with Crippen LogP contribution in [0.5, 0.6) is 11.5 Å². The molecule has 3 aromatic heterocycles. The SMILES string of the molecule is CCn1nc(C)cc1C(=O)Nc1nc2cc(C(N)=O)ccc2n1CCCOc1cc2sc(C(=O)CCC(=O)O)cc2cc1OC. The number of Topliss-reactive ketones (excluding diaryl/α,β-unsaturated/α-hetero) is 1. The zero-order valence-electron chi connectivity index (χ0n) is 25.0. The van der Waals surface area contributed by atoms with Gasteiger partial charge in [-0.2, -0.15) is 5.10 Å². The van der Waals surface area contributed by atoms with Crippen LogP contribution in [0.15, 0.2) is 42.5 Å². The summed E-state index contributed by atoms with van der Waals surface area (Å²) in [7, 11) is 1.53. The first-order chi connectivity index (χ1) is 21.6. The summed E-state index contributed by atoms with van der Waals surface area (Å²) in [6.07, 6.45) is 0.222. The van der Waals surface area contributed by atoms with E-state index in [0.29, 0.717) is 64.1 Å². The van der Waals surface area contributed by atoms with Crippen LogP contribution in [0.1, 0.15) is 62.4 Å². The summed E-state index contributed by atoms with van der Waals surface area (Å²) in [5.74, 6) is -0.906. The molecule has 0 aliphatic heterocycles. The Morgan fingerprint density at radius 1 is 1.07 bits per heavy atom. The molecule has 0 spiro atoms. The van der Waals surface area contributed by atoms with Crippen molar-refractivity contribution in [3.05, 3.63) is 64.3 Å². The van der Waals surface area contributed by atoms with E-state index >= 15 is 0 Å². The van der Waals surface area contributed by atoms with Crippen molar-refractivity contribution in [2.75, 3.05) is 19.0 Å². The molecule has 5 aromatic rings. The van der Waals surface area contributed by atoms with Gasteiger partial charge in [0.1, 0.15) is 5.69 Å². The number of carboxylic acid groups (broad SMARTS) is 1. The Bertz CT molecular complexity index is 1940. The van der Waals surface area contributed by atoms with E-state index in [1.807, 2.05) is 18.4 Å². The van der Waals surface area contributed by atoms with Crippen LogP contribution in [0.25, 0.3) is 21.1 Å². The number of benzene rings is 2. The lowest BCUT2D eigenvalue weighted by molar-refractivity contribution is -0.136. The highest BCUT2D eigenvalue weighted by atomic mass is 32.1. The van der Waals surface area contributed by atoms with Gasteiger partial charge >= 0.3 is 5.97 Å². The van der Waals surface area contributed by atoms with E-state index in [-0.39, 0.29) is 31.1 Å². The Hall–Kier alpha value is -5.24. The van der Waals surface area contributed by atoms with E-state index in [4.69, 9.17) is 20.3 Å². The van der Waals surface area contributed by atoms with Crippen LogP contribution in [0, 0.1) is 6.92 Å². The molecule has 0 atom stereocenters. The normalized spacial score (nSPS) is 11.2. The Morgan fingerprint density at radius 2 is 1.87 bits per heavy atom. The molecule has 0 aliphatic rings. The summed E-state index contributed by atoms with van der Waals surface area (Å²) in [5.41, 5.74) is 8.10. The van der Waals surface area contributed by atoms with Gasteiger partial charge in [-0.1, -0.05) is 0 Å². The van der Waals surface area contributed by atoms with Gasteiger partial charge in [0.25, 0.3) is 5.91 Å². The van der Waals surface area contributed by atoms with Crippen LogP contribution in [0.3, 0.4) is 0 Å². The molecule has 0 bridgehead atoms. The number of nitrogens with zero attached hydrogens (tertiary/aromatic N) is 4. The van der Waals surface area contributed by atoms with Crippen LogP contribution in [-0.4, -0.2) is 61.7 Å². The van der Waals surface area contributed by atoms with E-state index in [1.165, 1.54) is 18.4 Å². The standard InChI is InChI=1S/C31H32N6O7S/c1-4-37-22(12-17(2)35-37)30(42)34-31-33-20-13-18(29(32)41)6-7-21(20)36(31)10-5-11-44-25-16-26-19(14-24(25)43-3)15-27(45-26)23(38)8-9-28(39)40/h6-7,12-16H,4-5,8-11H2,1-3H3,(H2,32,41)(H,39,40)(H,33,34,42). The molecule has 4 N–H and O–H groups in total. The number of aliphatic carboxylic acids is 1. The molecule has 5 rings (SSSR count). The van der Waals surface area contributed by atoms with Gasteiger partial charge in [-0.25, -0.2) is 4.98 Å². The lowest BCUT2D eigenvalue weighted by atomic mass is 10.1. The van der Waals surface area contributed by atoms with Crippen molar-refractivity contribution in [1.82, 2.24) is 19.3 Å². The third kappa shape index (κ3) is 6.80. The van der Waals surface area contributed by atoms with Crippen LogP contribution < -0.4 is 20.5 Å². The van der Waals surface area contributed by atoms with Crippen LogP contribution in [0.4, 0.5) is 5.95 Å². The number of carboxylic acids is 1. The minimum Gasteiger partial charge on any atom is -0.493 e. The van der Waals surface area contributed by atoms with Crippen LogP contribution in [-0.2, 0) is 17.9 Å². The number of fused-ring (bicyclic) bond motifs is 2. The number of rotatable bonds is 14. The van der Waals surface area contributed by atoms with Gasteiger partial charge in [0, 0.05) is 35.8 Å². The number of nitrogens with one attached hydrogen (secondary N) is 1. The van der Waals surface area contributed by atoms with Crippen LogP contribution >= 0.6 is 11.3 Å². The van der Waals surface area contributed by atoms with Gasteiger partial charge in [0.15, 0.2) is 17.3 Å². The maximum absolute atomic E-state index is 13.2. The highest BCUT2D eigenvalue weighted by Crippen LogP contribution is 2.37. The third-order valence-corrected chi connectivity index (χ3v) is 8.26. The zero-order chi connectivity index (χ0) is 32.2. The predicted octanol–water partition coefficient (Wildman–Crippen LogP) is 4.65. The first-order valence-corrected chi connectivity index (χ1v) is 15.0. The zero-order valence-corrected chi connectivity index (χ0v) is 25.8. The van der Waals surface area contributed by atoms with Crippen LogP contribution in [0.2, 0.25) is 0 Å². The number of aromatic nitrogens is 4. The number of hydrogen-bond donors (Lipinski definition) is 3. The second-order valence-electron chi connectivity index (χ2n) is 10.3. The maximum Gasteiger partial charge on any atom is 0.303 e. The third-order valence-electron chi connectivity index (χ3n) is 7.12. The summed E-state index contributed by atoms with van der Waals surface area (Å²) < 4.78 is 15.9. The van der Waals surface area contributed by atoms with Gasteiger partial charge in [-0.15, -0.1) is 11.3 Å². The number of carbonyl (C=O) groups is 4. The molecule has 2 amide bonds. The number of amides is 2. The molecule has 45 heavy (non-hydrogen) atoms. The van der Waals surface area contributed by atoms with Crippen molar-refractivity contribution >= 4 is 62.0 Å². The van der Waals surface area contributed by atoms with E-state index < -0.39 is 11.9 Å². The number of aryl methyl sites for hydroxylation is 3. The van der Waals surface area contributed by atoms with Gasteiger partial charge in [-0.05, 0) is 62.1 Å². The van der Waals surface area contributed by atoms with Gasteiger partial charge in [0.05, 0.1) is 41.7 Å². The van der Waals surface area contributed by atoms with Crippen molar-refractivity contribution < 1.29 is 33.8 Å². The first kappa shape index (κ1) is 31.2. The Labute approximate surface area is 261 Å².